The van der Waals surface area contributed by atoms with Crippen LogP contribution >= 0.6 is 0 Å². The molecule has 1 aromatic carbocycles. The van der Waals surface area contributed by atoms with Crippen LogP contribution in [0.5, 0.6) is 11.6 Å². The number of hydrogen-bond acceptors (Lipinski definition) is 5. The Kier molecular flexibility index (Phi) is 5.76. The number of halogens is 1. The number of aliphatic hydroxyl groups is 1. The van der Waals surface area contributed by atoms with E-state index < -0.39 is 5.82 Å². The molecule has 3 aliphatic rings. The van der Waals surface area contributed by atoms with Crippen molar-refractivity contribution in [2.24, 2.45) is 5.41 Å². The molecule has 5 rings (SSSR count). The lowest BCUT2D eigenvalue weighted by atomic mass is 9.78. The molecule has 1 saturated carbocycles. The molecule has 32 heavy (non-hydrogen) atoms. The summed E-state index contributed by atoms with van der Waals surface area (Å²) in [5.74, 6) is 0.303. The van der Waals surface area contributed by atoms with E-state index in [-0.39, 0.29) is 29.2 Å². The molecule has 170 valence electrons. The van der Waals surface area contributed by atoms with E-state index in [4.69, 9.17) is 4.74 Å². The first kappa shape index (κ1) is 21.2. The molecular formula is C25H30FN3O3. The second kappa shape index (κ2) is 8.70. The average Bonchev–Trinajstić information content (AvgIpc) is 3.12. The molecular weight excluding hydrogens is 409 g/mol. The summed E-state index contributed by atoms with van der Waals surface area (Å²) in [6, 6.07) is 10.5. The summed E-state index contributed by atoms with van der Waals surface area (Å²) in [6.45, 7) is 2.22. The summed E-state index contributed by atoms with van der Waals surface area (Å²) in [4.78, 5) is 21.8. The average molecular weight is 440 g/mol. The number of benzene rings is 1. The van der Waals surface area contributed by atoms with E-state index >= 15 is 0 Å². The number of carbonyl (C=O) groups is 1. The Morgan fingerprint density at radius 3 is 2.69 bits per heavy atom. The number of pyridine rings is 1. The fraction of sp³-hybridized carbons (Fsp3) is 0.520. The molecule has 6 nitrogen and oxygen atoms in total. The summed E-state index contributed by atoms with van der Waals surface area (Å²) in [6.07, 6.45) is 7.36. The lowest BCUT2D eigenvalue weighted by molar-refractivity contribution is -0.139. The maximum Gasteiger partial charge on any atom is 0.230 e. The fourth-order valence-electron chi connectivity index (χ4n) is 5.59. The molecule has 0 unspecified atom stereocenters. The third-order valence-corrected chi connectivity index (χ3v) is 7.36. The number of nitrogens with zero attached hydrogens (tertiary/aromatic N) is 3. The lowest BCUT2D eigenvalue weighted by Gasteiger charge is -2.41. The van der Waals surface area contributed by atoms with Crippen molar-refractivity contribution < 1.29 is 19.0 Å². The van der Waals surface area contributed by atoms with Crippen LogP contribution < -0.4 is 9.64 Å². The Morgan fingerprint density at radius 1 is 1.09 bits per heavy atom. The van der Waals surface area contributed by atoms with Gasteiger partial charge in [0.15, 0.2) is 11.6 Å². The number of likely N-dealkylation sites (tertiary alicyclic amines) is 1. The molecule has 3 fully saturated rings. The highest BCUT2D eigenvalue weighted by molar-refractivity contribution is 5.86. The van der Waals surface area contributed by atoms with Crippen LogP contribution in [0.15, 0.2) is 42.6 Å². The van der Waals surface area contributed by atoms with Crippen molar-refractivity contribution in [1.82, 2.24) is 9.88 Å². The smallest absolute Gasteiger partial charge is 0.230 e. The van der Waals surface area contributed by atoms with Gasteiger partial charge in [-0.2, -0.15) is 0 Å². The van der Waals surface area contributed by atoms with Crippen LogP contribution in [0.1, 0.15) is 44.9 Å². The van der Waals surface area contributed by atoms with E-state index in [1.807, 2.05) is 6.07 Å². The molecule has 1 aromatic heterocycles. The van der Waals surface area contributed by atoms with Crippen molar-refractivity contribution in [1.29, 1.82) is 0 Å². The van der Waals surface area contributed by atoms with Crippen LogP contribution in [0.3, 0.4) is 0 Å². The van der Waals surface area contributed by atoms with Crippen molar-refractivity contribution in [2.45, 2.75) is 57.1 Å². The fourth-order valence-corrected chi connectivity index (χ4v) is 5.59. The minimum Gasteiger partial charge on any atom is -0.436 e. The molecule has 1 N–H and O–H groups in total. The minimum absolute atomic E-state index is 0.141. The highest BCUT2D eigenvalue weighted by Crippen LogP contribution is 2.43. The van der Waals surface area contributed by atoms with Gasteiger partial charge < -0.3 is 19.6 Å². The standard InChI is InChI=1S/C25H30FN3O3/c26-21-16-19(7-10-22(21)32-23-4-1-2-13-27-23)28-14-3-11-25(17-28)12-15-29(24(25)31)18-5-8-20(30)9-6-18/h1-2,4,7,10,13,16,18,20,30H,3,5-6,8-9,11-12,14-15,17H2/t18-,20-,25-/m1/s1. The summed E-state index contributed by atoms with van der Waals surface area (Å²) < 4.78 is 20.4. The maximum atomic E-state index is 14.8. The molecule has 2 aliphatic heterocycles. The summed E-state index contributed by atoms with van der Waals surface area (Å²) in [5.41, 5.74) is 0.399. The van der Waals surface area contributed by atoms with Gasteiger partial charge in [0.1, 0.15) is 0 Å². The molecule has 2 saturated heterocycles. The molecule has 1 amide bonds. The third-order valence-electron chi connectivity index (χ3n) is 7.36. The molecule has 1 spiro atoms. The number of carbonyl (C=O) groups excluding carboxylic acids is 1. The Labute approximate surface area is 188 Å². The number of hydrogen-bond donors (Lipinski definition) is 1. The van der Waals surface area contributed by atoms with E-state index in [9.17, 15) is 14.3 Å². The van der Waals surface area contributed by atoms with Gasteiger partial charge >= 0.3 is 0 Å². The largest absolute Gasteiger partial charge is 0.436 e. The van der Waals surface area contributed by atoms with Gasteiger partial charge in [-0.05, 0) is 63.1 Å². The lowest BCUT2D eigenvalue weighted by Crippen LogP contribution is -2.50. The second-order valence-corrected chi connectivity index (χ2v) is 9.40. The topological polar surface area (TPSA) is 65.9 Å². The van der Waals surface area contributed by atoms with Crippen LogP contribution in [0.4, 0.5) is 10.1 Å². The van der Waals surface area contributed by atoms with E-state index in [0.29, 0.717) is 12.4 Å². The Balaban J connectivity index is 1.29. The molecule has 1 atom stereocenters. The van der Waals surface area contributed by atoms with Crippen molar-refractivity contribution in [2.75, 3.05) is 24.5 Å². The van der Waals surface area contributed by atoms with Crippen LogP contribution in [-0.4, -0.2) is 52.7 Å². The third kappa shape index (κ3) is 4.06. The van der Waals surface area contributed by atoms with Gasteiger partial charge in [-0.15, -0.1) is 0 Å². The highest BCUT2D eigenvalue weighted by Gasteiger charge is 2.50. The molecule has 2 aromatic rings. The number of aliphatic hydroxyl groups excluding tert-OH is 1. The Morgan fingerprint density at radius 2 is 1.94 bits per heavy atom. The predicted molar refractivity (Wildman–Crippen MR) is 119 cm³/mol. The van der Waals surface area contributed by atoms with Gasteiger partial charge in [0.2, 0.25) is 11.8 Å². The maximum absolute atomic E-state index is 14.8. The van der Waals surface area contributed by atoms with E-state index in [1.54, 1.807) is 30.5 Å². The molecule has 7 heteroatoms. The number of anilines is 1. The van der Waals surface area contributed by atoms with Crippen LogP contribution in [0, 0.1) is 11.2 Å². The van der Waals surface area contributed by atoms with Crippen LogP contribution in [0.2, 0.25) is 0 Å². The SMILES string of the molecule is O=C1N([C@H]2CC[C@H](O)CC2)CC[C@@]12CCCN(c1ccc(Oc3ccccn3)c(F)c1)C2. The Hall–Kier alpha value is -2.67. The van der Waals surface area contributed by atoms with E-state index in [0.717, 1.165) is 63.7 Å². The summed E-state index contributed by atoms with van der Waals surface area (Å²) in [7, 11) is 0. The first-order valence-electron chi connectivity index (χ1n) is 11.7. The first-order chi connectivity index (χ1) is 15.5. The van der Waals surface area contributed by atoms with Crippen LogP contribution in [-0.2, 0) is 4.79 Å². The van der Waals surface area contributed by atoms with Gasteiger partial charge in [0.05, 0.1) is 11.5 Å². The number of aromatic nitrogens is 1. The first-order valence-corrected chi connectivity index (χ1v) is 11.7. The van der Waals surface area contributed by atoms with Gasteiger partial charge in [-0.3, -0.25) is 4.79 Å². The van der Waals surface area contributed by atoms with Gasteiger partial charge in [-0.25, -0.2) is 9.37 Å². The zero-order valence-electron chi connectivity index (χ0n) is 18.3. The van der Waals surface area contributed by atoms with Crippen molar-refractivity contribution >= 4 is 11.6 Å². The zero-order valence-corrected chi connectivity index (χ0v) is 18.3. The van der Waals surface area contributed by atoms with Crippen molar-refractivity contribution in [3.8, 4) is 11.6 Å². The second-order valence-electron chi connectivity index (χ2n) is 9.40. The number of piperidine rings is 1. The molecule has 0 radical (unpaired) electrons. The zero-order chi connectivity index (χ0) is 22.1. The minimum atomic E-state index is -0.437. The molecule has 3 heterocycles. The highest BCUT2D eigenvalue weighted by atomic mass is 19.1. The van der Waals surface area contributed by atoms with Gasteiger partial charge in [0, 0.05) is 49.7 Å². The van der Waals surface area contributed by atoms with Gasteiger partial charge in [-0.1, -0.05) is 6.07 Å². The van der Waals surface area contributed by atoms with Crippen molar-refractivity contribution in [3.63, 3.8) is 0 Å². The van der Waals surface area contributed by atoms with Crippen LogP contribution in [0.25, 0.3) is 0 Å². The summed E-state index contributed by atoms with van der Waals surface area (Å²) >= 11 is 0. The normalized spacial score (nSPS) is 28.4. The van der Waals surface area contributed by atoms with E-state index in [2.05, 4.69) is 14.8 Å². The van der Waals surface area contributed by atoms with E-state index in [1.165, 1.54) is 6.07 Å². The number of amides is 1. The number of rotatable bonds is 4. The van der Waals surface area contributed by atoms with Crippen molar-refractivity contribution in [3.05, 3.63) is 48.4 Å². The Bertz CT molecular complexity index is 964. The summed E-state index contributed by atoms with van der Waals surface area (Å²) in [5, 5.41) is 9.81. The van der Waals surface area contributed by atoms with Gasteiger partial charge in [0.25, 0.3) is 0 Å². The predicted octanol–water partition coefficient (Wildman–Crippen LogP) is 4.14. The molecule has 1 aliphatic carbocycles. The molecule has 0 bridgehead atoms. The monoisotopic (exact) mass is 439 g/mol. The quantitative estimate of drug-likeness (QED) is 0.776. The number of ether oxygens (including phenoxy) is 1.